The Balaban J connectivity index is 2.46. The first kappa shape index (κ1) is 8.31. The Bertz CT molecular complexity index is 330. The third-order valence-electron chi connectivity index (χ3n) is 2.54. The summed E-state index contributed by atoms with van der Waals surface area (Å²) in [4.78, 5) is 13.4. The molecule has 0 amide bonds. The maximum Gasteiger partial charge on any atom is 0.352 e. The minimum absolute atomic E-state index is 0.163. The van der Waals surface area contributed by atoms with E-state index in [-0.39, 0.29) is 11.6 Å². The molecule has 1 aromatic heterocycles. The number of fused-ring (bicyclic) bond motifs is 1. The van der Waals surface area contributed by atoms with Crippen LogP contribution in [-0.2, 0) is 0 Å². The maximum absolute atomic E-state index is 10.6. The van der Waals surface area contributed by atoms with Gasteiger partial charge < -0.3 is 15.2 Å². The van der Waals surface area contributed by atoms with E-state index < -0.39 is 12.1 Å². The number of nitrogens with one attached hydrogen (secondary N) is 1. The van der Waals surface area contributed by atoms with Gasteiger partial charge >= 0.3 is 5.97 Å². The number of carbonyl (C=O) groups is 1. The number of aromatic amines is 1. The first-order valence-corrected chi connectivity index (χ1v) is 4.23. The number of hydrogen-bond donors (Lipinski definition) is 3. The maximum atomic E-state index is 10.6. The molecule has 4 heteroatoms. The minimum atomic E-state index is -0.978. The largest absolute Gasteiger partial charge is 0.477 e. The van der Waals surface area contributed by atoms with Crippen LogP contribution < -0.4 is 0 Å². The van der Waals surface area contributed by atoms with E-state index in [2.05, 4.69) is 4.98 Å². The Morgan fingerprint density at radius 2 is 2.38 bits per heavy atom. The lowest BCUT2D eigenvalue weighted by Gasteiger charge is -2.01. The molecule has 1 aliphatic carbocycles. The van der Waals surface area contributed by atoms with E-state index in [1.54, 1.807) is 0 Å². The Morgan fingerprint density at radius 3 is 2.92 bits per heavy atom. The Hall–Kier alpha value is -1.29. The van der Waals surface area contributed by atoms with E-state index in [4.69, 9.17) is 5.11 Å². The predicted octanol–water partition coefficient (Wildman–Crippen LogP) is 1.25. The van der Waals surface area contributed by atoms with Crippen LogP contribution in [0.15, 0.2) is 6.07 Å². The van der Waals surface area contributed by atoms with Gasteiger partial charge in [0.2, 0.25) is 0 Å². The summed E-state index contributed by atoms with van der Waals surface area (Å²) in [6.45, 7) is 1.97. The summed E-state index contributed by atoms with van der Waals surface area (Å²) in [5.74, 6) is -0.757. The average molecular weight is 181 g/mol. The van der Waals surface area contributed by atoms with Crippen LogP contribution in [0.4, 0.5) is 0 Å². The van der Waals surface area contributed by atoms with Gasteiger partial charge in [-0.3, -0.25) is 0 Å². The smallest absolute Gasteiger partial charge is 0.352 e. The molecule has 0 bridgehead atoms. The number of aliphatic hydroxyl groups is 1. The van der Waals surface area contributed by atoms with Crippen LogP contribution in [0.2, 0.25) is 0 Å². The van der Waals surface area contributed by atoms with Gasteiger partial charge in [0, 0.05) is 11.3 Å². The number of aliphatic hydroxyl groups excluding tert-OH is 1. The number of carboxylic acids is 1. The second-order valence-electron chi connectivity index (χ2n) is 3.51. The molecule has 0 fully saturated rings. The first-order valence-electron chi connectivity index (χ1n) is 4.23. The SMILES string of the molecule is C[C@@H]1C[C@H](O)c2cc(C(=O)O)[nH]c21. The highest BCUT2D eigenvalue weighted by Gasteiger charge is 2.29. The van der Waals surface area contributed by atoms with Gasteiger partial charge in [0.25, 0.3) is 0 Å². The third kappa shape index (κ3) is 1.14. The van der Waals surface area contributed by atoms with Crippen molar-refractivity contribution in [2.45, 2.75) is 25.4 Å². The molecule has 2 atom stereocenters. The summed E-state index contributed by atoms with van der Waals surface area (Å²) in [5.41, 5.74) is 1.77. The Morgan fingerprint density at radius 1 is 1.69 bits per heavy atom. The zero-order valence-electron chi connectivity index (χ0n) is 7.24. The fraction of sp³-hybridized carbons (Fsp3) is 0.444. The molecular formula is C9H11NO3. The summed E-state index contributed by atoms with van der Waals surface area (Å²) >= 11 is 0. The molecular weight excluding hydrogens is 170 g/mol. The number of H-pyrrole nitrogens is 1. The van der Waals surface area contributed by atoms with Gasteiger partial charge in [-0.15, -0.1) is 0 Å². The number of aromatic carboxylic acids is 1. The normalized spacial score (nSPS) is 26.0. The Kier molecular flexibility index (Phi) is 1.66. The van der Waals surface area contributed by atoms with E-state index >= 15 is 0 Å². The number of hydrogen-bond acceptors (Lipinski definition) is 2. The number of rotatable bonds is 1. The average Bonchev–Trinajstić information content (AvgIpc) is 2.55. The lowest BCUT2D eigenvalue weighted by molar-refractivity contribution is 0.0690. The first-order chi connectivity index (χ1) is 6.09. The van der Waals surface area contributed by atoms with Crippen LogP contribution in [-0.4, -0.2) is 21.2 Å². The highest BCUT2D eigenvalue weighted by Crippen LogP contribution is 2.39. The van der Waals surface area contributed by atoms with Crippen molar-refractivity contribution in [3.8, 4) is 0 Å². The second-order valence-corrected chi connectivity index (χ2v) is 3.51. The summed E-state index contributed by atoms with van der Waals surface area (Å²) in [7, 11) is 0. The predicted molar refractivity (Wildman–Crippen MR) is 45.7 cm³/mol. The lowest BCUT2D eigenvalue weighted by Crippen LogP contribution is -1.98. The zero-order valence-corrected chi connectivity index (χ0v) is 7.24. The van der Waals surface area contributed by atoms with E-state index in [1.807, 2.05) is 6.92 Å². The fourth-order valence-electron chi connectivity index (χ4n) is 1.86. The van der Waals surface area contributed by atoms with Crippen molar-refractivity contribution in [2.75, 3.05) is 0 Å². The van der Waals surface area contributed by atoms with E-state index in [9.17, 15) is 9.90 Å². The molecule has 4 nitrogen and oxygen atoms in total. The van der Waals surface area contributed by atoms with E-state index in [1.165, 1.54) is 6.07 Å². The fourth-order valence-corrected chi connectivity index (χ4v) is 1.86. The van der Waals surface area contributed by atoms with Gasteiger partial charge in [-0.1, -0.05) is 6.92 Å². The van der Waals surface area contributed by atoms with Crippen LogP contribution in [0, 0.1) is 0 Å². The van der Waals surface area contributed by atoms with Crippen LogP contribution >= 0.6 is 0 Å². The molecule has 2 rings (SSSR count). The number of aromatic nitrogens is 1. The quantitative estimate of drug-likeness (QED) is 0.610. The summed E-state index contributed by atoms with van der Waals surface area (Å²) in [5, 5.41) is 18.2. The van der Waals surface area contributed by atoms with Crippen molar-refractivity contribution in [1.29, 1.82) is 0 Å². The van der Waals surface area contributed by atoms with Gasteiger partial charge in [0.1, 0.15) is 5.69 Å². The molecule has 0 spiro atoms. The topological polar surface area (TPSA) is 73.3 Å². The molecule has 1 aliphatic rings. The second kappa shape index (κ2) is 2.60. The van der Waals surface area contributed by atoms with Crippen molar-refractivity contribution in [1.82, 2.24) is 4.98 Å². The minimum Gasteiger partial charge on any atom is -0.477 e. The van der Waals surface area contributed by atoms with Gasteiger partial charge in [-0.25, -0.2) is 4.79 Å². The van der Waals surface area contributed by atoms with Crippen molar-refractivity contribution >= 4 is 5.97 Å². The van der Waals surface area contributed by atoms with Crippen LogP contribution in [0.25, 0.3) is 0 Å². The van der Waals surface area contributed by atoms with Gasteiger partial charge in [0.05, 0.1) is 6.10 Å². The van der Waals surface area contributed by atoms with Crippen LogP contribution in [0.1, 0.15) is 47.1 Å². The molecule has 0 unspecified atom stereocenters. The molecule has 1 aromatic rings. The van der Waals surface area contributed by atoms with Crippen molar-refractivity contribution in [2.24, 2.45) is 0 Å². The summed E-state index contributed by atoms with van der Waals surface area (Å²) in [6.07, 6.45) is 0.176. The third-order valence-corrected chi connectivity index (χ3v) is 2.54. The molecule has 0 radical (unpaired) electrons. The zero-order chi connectivity index (χ0) is 9.59. The standard InChI is InChI=1S/C9H11NO3/c1-4-2-7(11)5-3-6(9(12)13)10-8(4)5/h3-4,7,10-11H,2H2,1H3,(H,12,13)/t4-,7+/m1/s1. The highest BCUT2D eigenvalue weighted by atomic mass is 16.4. The van der Waals surface area contributed by atoms with Crippen LogP contribution in [0.5, 0.6) is 0 Å². The molecule has 0 saturated heterocycles. The van der Waals surface area contributed by atoms with Crippen molar-refractivity contribution in [3.05, 3.63) is 23.0 Å². The molecule has 0 aliphatic heterocycles. The van der Waals surface area contributed by atoms with Crippen LogP contribution in [0.3, 0.4) is 0 Å². The molecule has 13 heavy (non-hydrogen) atoms. The van der Waals surface area contributed by atoms with E-state index in [0.29, 0.717) is 6.42 Å². The molecule has 1 heterocycles. The monoisotopic (exact) mass is 181 g/mol. The van der Waals surface area contributed by atoms with E-state index in [0.717, 1.165) is 11.3 Å². The number of carboxylic acid groups (broad SMARTS) is 1. The van der Waals surface area contributed by atoms with Gasteiger partial charge in [-0.05, 0) is 18.4 Å². The molecule has 70 valence electrons. The Labute approximate surface area is 75.2 Å². The van der Waals surface area contributed by atoms with Crippen molar-refractivity contribution in [3.63, 3.8) is 0 Å². The van der Waals surface area contributed by atoms with Gasteiger partial charge in [0.15, 0.2) is 0 Å². The summed E-state index contributed by atoms with van der Waals surface area (Å²) < 4.78 is 0. The molecule has 3 N–H and O–H groups in total. The highest BCUT2D eigenvalue weighted by molar-refractivity contribution is 5.86. The van der Waals surface area contributed by atoms with Gasteiger partial charge in [-0.2, -0.15) is 0 Å². The summed E-state index contributed by atoms with van der Waals surface area (Å²) in [6, 6.07) is 1.52. The lowest BCUT2D eigenvalue weighted by atomic mass is 10.1. The van der Waals surface area contributed by atoms with Crippen molar-refractivity contribution < 1.29 is 15.0 Å². The molecule has 0 aromatic carbocycles. The molecule has 0 saturated carbocycles.